The van der Waals surface area contributed by atoms with Crippen molar-refractivity contribution in [3.63, 3.8) is 0 Å². The Morgan fingerprint density at radius 3 is 2.13 bits per heavy atom. The van der Waals surface area contributed by atoms with Crippen LogP contribution < -0.4 is 16.5 Å². The maximum atomic E-state index is 11.5. The summed E-state index contributed by atoms with van der Waals surface area (Å²) >= 11 is 3.43. The Bertz CT molecular complexity index is 644. The first-order valence-electron chi connectivity index (χ1n) is 7.31. The number of nitrogens with two attached hydrogens (primary N) is 1. The van der Waals surface area contributed by atoms with Crippen LogP contribution in [0.1, 0.15) is 18.5 Å². The molecule has 2 atom stereocenters. The molecule has 1 amide bonds. The highest BCUT2D eigenvalue weighted by atomic mass is 79.9. The molecule has 1 unspecified atom stereocenters. The first-order chi connectivity index (χ1) is 11.0. The van der Waals surface area contributed by atoms with Gasteiger partial charge in [0.05, 0.1) is 0 Å². The minimum Gasteiger partial charge on any atom is -0.328 e. The third kappa shape index (κ3) is 4.62. The predicted molar refractivity (Wildman–Crippen MR) is 93.9 cm³/mol. The summed E-state index contributed by atoms with van der Waals surface area (Å²) in [4.78, 5) is 11.5. The Balaban J connectivity index is 2.09. The average molecular weight is 378 g/mol. The second-order valence-corrected chi connectivity index (χ2v) is 6.20. The molecule has 5 N–H and O–H groups in total. The first-order valence-corrected chi connectivity index (χ1v) is 8.10. The zero-order valence-corrected chi connectivity index (χ0v) is 14.4. The minimum absolute atomic E-state index is 0.0696. The summed E-state index contributed by atoms with van der Waals surface area (Å²) in [6.45, 7) is 2.05. The van der Waals surface area contributed by atoms with E-state index >= 15 is 0 Å². The lowest BCUT2D eigenvalue weighted by molar-refractivity contribution is -0.131. The quantitative estimate of drug-likeness (QED) is 0.460. The molecular weight excluding hydrogens is 358 g/mol. The number of nitrogens with one attached hydrogen (secondary N) is 2. The maximum Gasteiger partial charge on any atom is 0.261 e. The summed E-state index contributed by atoms with van der Waals surface area (Å²) in [6.07, 6.45) is 0. The van der Waals surface area contributed by atoms with Gasteiger partial charge in [-0.15, -0.1) is 0 Å². The van der Waals surface area contributed by atoms with Crippen LogP contribution in [-0.4, -0.2) is 23.7 Å². The minimum atomic E-state index is -0.638. The molecule has 0 fully saturated rings. The maximum absolute atomic E-state index is 11.5. The van der Waals surface area contributed by atoms with Crippen LogP contribution in [0.15, 0.2) is 53.0 Å². The van der Waals surface area contributed by atoms with Crippen LogP contribution in [0.4, 0.5) is 0 Å². The summed E-state index contributed by atoms with van der Waals surface area (Å²) < 4.78 is 1.05. The number of hydrogen-bond donors (Lipinski definition) is 4. The molecule has 0 bridgehead atoms. The Morgan fingerprint density at radius 1 is 1.13 bits per heavy atom. The van der Waals surface area contributed by atoms with Crippen molar-refractivity contribution in [2.75, 3.05) is 6.54 Å². The third-order valence-corrected chi connectivity index (χ3v) is 4.23. The Hall–Kier alpha value is -1.73. The molecule has 5 nitrogen and oxygen atoms in total. The van der Waals surface area contributed by atoms with Crippen molar-refractivity contribution in [2.24, 2.45) is 5.73 Å². The highest BCUT2D eigenvalue weighted by Gasteiger charge is 2.18. The van der Waals surface area contributed by atoms with E-state index in [9.17, 15) is 4.79 Å². The fourth-order valence-electron chi connectivity index (χ4n) is 2.33. The normalized spacial score (nSPS) is 13.4. The van der Waals surface area contributed by atoms with E-state index in [1.165, 1.54) is 0 Å². The molecule has 122 valence electrons. The van der Waals surface area contributed by atoms with Gasteiger partial charge >= 0.3 is 0 Å². The van der Waals surface area contributed by atoms with Crippen molar-refractivity contribution in [3.8, 4) is 11.1 Å². The zero-order valence-electron chi connectivity index (χ0n) is 12.8. The van der Waals surface area contributed by atoms with Crippen molar-refractivity contribution in [3.05, 3.63) is 58.6 Å². The van der Waals surface area contributed by atoms with Crippen LogP contribution >= 0.6 is 15.9 Å². The van der Waals surface area contributed by atoms with E-state index in [2.05, 4.69) is 33.4 Å². The molecule has 0 spiro atoms. The highest BCUT2D eigenvalue weighted by molar-refractivity contribution is 9.10. The van der Waals surface area contributed by atoms with Gasteiger partial charge in [-0.2, -0.15) is 0 Å². The number of hydroxylamine groups is 1. The summed E-state index contributed by atoms with van der Waals surface area (Å²) in [5.41, 5.74) is 10.5. The van der Waals surface area contributed by atoms with E-state index < -0.39 is 11.9 Å². The van der Waals surface area contributed by atoms with Crippen molar-refractivity contribution in [1.82, 2.24) is 10.8 Å². The lowest BCUT2D eigenvalue weighted by Gasteiger charge is -2.21. The molecule has 0 heterocycles. The summed E-state index contributed by atoms with van der Waals surface area (Å²) in [6, 6.07) is 15.5. The van der Waals surface area contributed by atoms with Crippen LogP contribution in [0, 0.1) is 0 Å². The second kappa shape index (κ2) is 8.21. The number of amides is 1. The van der Waals surface area contributed by atoms with Gasteiger partial charge in [-0.25, -0.2) is 5.48 Å². The molecular formula is C17H20BrN3O2. The predicted octanol–water partition coefficient (Wildman–Crippen LogP) is 2.60. The largest absolute Gasteiger partial charge is 0.328 e. The standard InChI is InChI=1S/C17H20BrN3O2/c1-11(20-16(10-19)17(22)21-23)12-2-4-13(5-3-12)14-6-8-15(18)9-7-14/h2-9,11,16,20,23H,10,19H2,1H3,(H,21,22)/t11?,16-/m0/s1. The fourth-order valence-corrected chi connectivity index (χ4v) is 2.60. The highest BCUT2D eigenvalue weighted by Crippen LogP contribution is 2.23. The second-order valence-electron chi connectivity index (χ2n) is 5.28. The zero-order chi connectivity index (χ0) is 16.8. The van der Waals surface area contributed by atoms with E-state index in [1.54, 1.807) is 5.48 Å². The summed E-state index contributed by atoms with van der Waals surface area (Å²) in [5, 5.41) is 11.8. The van der Waals surface area contributed by atoms with Crippen molar-refractivity contribution in [2.45, 2.75) is 19.0 Å². The van der Waals surface area contributed by atoms with Gasteiger partial charge in [-0.05, 0) is 35.7 Å². The molecule has 0 aromatic heterocycles. The van der Waals surface area contributed by atoms with Gasteiger partial charge in [-0.3, -0.25) is 15.3 Å². The topological polar surface area (TPSA) is 87.4 Å². The molecule has 2 aromatic rings. The van der Waals surface area contributed by atoms with Gasteiger partial charge in [0.1, 0.15) is 6.04 Å². The number of carbonyl (C=O) groups excluding carboxylic acids is 1. The van der Waals surface area contributed by atoms with Gasteiger partial charge in [0.25, 0.3) is 5.91 Å². The van der Waals surface area contributed by atoms with Crippen LogP contribution in [0.25, 0.3) is 11.1 Å². The van der Waals surface area contributed by atoms with Crippen molar-refractivity contribution >= 4 is 21.8 Å². The average Bonchev–Trinajstić information content (AvgIpc) is 2.59. The lowest BCUT2D eigenvalue weighted by atomic mass is 10.0. The Morgan fingerprint density at radius 2 is 1.65 bits per heavy atom. The third-order valence-electron chi connectivity index (χ3n) is 3.70. The van der Waals surface area contributed by atoms with Crippen LogP contribution in [0.3, 0.4) is 0 Å². The van der Waals surface area contributed by atoms with Gasteiger partial charge in [0.15, 0.2) is 0 Å². The summed E-state index contributed by atoms with van der Waals surface area (Å²) in [5.74, 6) is -0.536. The molecule has 0 saturated carbocycles. The SMILES string of the molecule is CC(N[C@@H](CN)C(=O)NO)c1ccc(-c2ccc(Br)cc2)cc1. The molecule has 0 aliphatic carbocycles. The molecule has 0 aliphatic rings. The van der Waals surface area contributed by atoms with E-state index in [1.807, 2.05) is 43.3 Å². The molecule has 0 radical (unpaired) electrons. The number of benzene rings is 2. The van der Waals surface area contributed by atoms with E-state index in [-0.39, 0.29) is 12.6 Å². The number of halogens is 1. The molecule has 0 saturated heterocycles. The van der Waals surface area contributed by atoms with E-state index in [0.717, 1.165) is 21.2 Å². The smallest absolute Gasteiger partial charge is 0.261 e. The van der Waals surface area contributed by atoms with Crippen molar-refractivity contribution in [1.29, 1.82) is 0 Å². The Labute approximate surface area is 144 Å². The molecule has 6 heteroatoms. The van der Waals surface area contributed by atoms with Gasteiger partial charge in [0, 0.05) is 17.1 Å². The first kappa shape index (κ1) is 17.6. The number of rotatable bonds is 6. The molecule has 23 heavy (non-hydrogen) atoms. The van der Waals surface area contributed by atoms with E-state index in [4.69, 9.17) is 10.9 Å². The van der Waals surface area contributed by atoms with Crippen LogP contribution in [-0.2, 0) is 4.79 Å². The van der Waals surface area contributed by atoms with Crippen LogP contribution in [0.5, 0.6) is 0 Å². The van der Waals surface area contributed by atoms with E-state index in [0.29, 0.717) is 0 Å². The van der Waals surface area contributed by atoms with Crippen molar-refractivity contribution < 1.29 is 10.0 Å². The van der Waals surface area contributed by atoms with Gasteiger partial charge in [-0.1, -0.05) is 52.3 Å². The van der Waals surface area contributed by atoms with Gasteiger partial charge < -0.3 is 5.73 Å². The van der Waals surface area contributed by atoms with Crippen LogP contribution in [0.2, 0.25) is 0 Å². The molecule has 2 rings (SSSR count). The number of hydrogen-bond acceptors (Lipinski definition) is 4. The lowest BCUT2D eigenvalue weighted by Crippen LogP contribution is -2.48. The number of carbonyl (C=O) groups is 1. The fraction of sp³-hybridized carbons (Fsp3) is 0.235. The molecule has 0 aliphatic heterocycles. The summed E-state index contributed by atoms with van der Waals surface area (Å²) in [7, 11) is 0. The monoisotopic (exact) mass is 377 g/mol. The Kier molecular flexibility index (Phi) is 6.29. The van der Waals surface area contributed by atoms with Gasteiger partial charge in [0.2, 0.25) is 0 Å². The molecule has 2 aromatic carbocycles.